The highest BCUT2D eigenvalue weighted by Gasteiger charge is 2.39. The number of carbonyl (C=O) groups excluding carboxylic acids is 9. The van der Waals surface area contributed by atoms with Crippen molar-refractivity contribution in [3.05, 3.63) is 91.0 Å². The highest BCUT2D eigenvalue weighted by molar-refractivity contribution is 8.13. The maximum Gasteiger partial charge on any atom is 0.410 e. The summed E-state index contributed by atoms with van der Waals surface area (Å²) in [7, 11) is 0. The highest BCUT2D eigenvalue weighted by Crippen LogP contribution is 2.31. The van der Waals surface area contributed by atoms with Crippen LogP contribution in [-0.4, -0.2) is 150 Å². The molecule has 0 saturated carbocycles. The lowest BCUT2D eigenvalue weighted by Gasteiger charge is -2.23. The summed E-state index contributed by atoms with van der Waals surface area (Å²) in [6.07, 6.45) is 3.12. The average molecular weight is 1120 g/mol. The molecule has 72 heavy (non-hydrogen) atoms. The van der Waals surface area contributed by atoms with Gasteiger partial charge in [-0.2, -0.15) is 12.6 Å². The molecule has 3 aromatic rings. The van der Waals surface area contributed by atoms with Crippen molar-refractivity contribution < 1.29 is 71.6 Å². The lowest BCUT2D eigenvalue weighted by atomic mass is 10.2. The summed E-state index contributed by atoms with van der Waals surface area (Å²) in [6.45, 7) is 19.8. The minimum atomic E-state index is -0.609. The summed E-state index contributed by atoms with van der Waals surface area (Å²) >= 11 is 13.8. The zero-order chi connectivity index (χ0) is 53.5. The minimum absolute atomic E-state index is 0.0327. The Morgan fingerprint density at radius 2 is 1.04 bits per heavy atom. The third-order valence-electron chi connectivity index (χ3n) is 9.42. The number of carbonyl (C=O) groups is 9. The van der Waals surface area contributed by atoms with Gasteiger partial charge in [-0.1, -0.05) is 25.3 Å². The van der Waals surface area contributed by atoms with Crippen LogP contribution in [0, 0.1) is 0 Å². The van der Waals surface area contributed by atoms with E-state index in [2.05, 4.69) is 36.4 Å². The molecule has 2 fully saturated rings. The van der Waals surface area contributed by atoms with E-state index in [0.29, 0.717) is 55.3 Å². The Morgan fingerprint density at radius 1 is 0.653 bits per heavy atom. The number of ether oxygens (including phenoxy) is 6. The van der Waals surface area contributed by atoms with Crippen LogP contribution >= 0.6 is 70.0 Å². The number of hydrogen-bond acceptors (Lipinski definition) is 20. The fourth-order valence-corrected chi connectivity index (χ4v) is 10.5. The van der Waals surface area contributed by atoms with E-state index in [1.807, 2.05) is 0 Å². The van der Waals surface area contributed by atoms with Gasteiger partial charge >= 0.3 is 35.4 Å². The molecule has 5 heterocycles. The number of likely N-dealkylation sites (tertiary alicyclic amines) is 2. The van der Waals surface area contributed by atoms with Gasteiger partial charge in [-0.3, -0.25) is 14.4 Å². The van der Waals surface area contributed by atoms with Crippen LogP contribution in [0.3, 0.4) is 0 Å². The predicted molar refractivity (Wildman–Crippen MR) is 279 cm³/mol. The summed E-state index contributed by atoms with van der Waals surface area (Å²) in [5, 5.41) is 4.47. The maximum absolute atomic E-state index is 12.6. The molecular formula is C47H59ClN4O15S5. The fourth-order valence-electron chi connectivity index (χ4n) is 6.42. The van der Waals surface area contributed by atoms with Gasteiger partial charge in [-0.05, 0) is 114 Å². The first kappa shape index (κ1) is 60.9. The van der Waals surface area contributed by atoms with E-state index in [1.165, 1.54) is 29.2 Å². The molecule has 25 heteroatoms. The smallest absolute Gasteiger partial charge is 0.410 e. The lowest BCUT2D eigenvalue weighted by molar-refractivity contribution is 0.0522. The minimum Gasteiger partial charge on any atom is -0.462 e. The van der Waals surface area contributed by atoms with Crippen LogP contribution in [0.15, 0.2) is 61.7 Å². The van der Waals surface area contributed by atoms with Crippen LogP contribution in [-0.2, 0) is 28.4 Å². The Balaban J connectivity index is 0.000000311. The van der Waals surface area contributed by atoms with Crippen LogP contribution in [0.4, 0.5) is 14.4 Å². The third kappa shape index (κ3) is 20.2. The number of rotatable bonds is 18. The van der Waals surface area contributed by atoms with E-state index < -0.39 is 46.2 Å². The first-order valence-electron chi connectivity index (χ1n) is 22.4. The predicted octanol–water partition coefficient (Wildman–Crippen LogP) is 8.74. The fraction of sp³-hybridized carbons (Fsp3) is 0.468. The number of hydrogen-bond donors (Lipinski definition) is 3. The molecule has 0 radical (unpaired) electrons. The SMILES string of the molecule is C=CCOC(=O)N1C[C@@H](S)C[C@H]1CNC(=O)c1ccc(C(=O)OCC)s1.C=CCOC(=O)N1C[C@@H](SC(=O)OC(C)(C)C)C[C@H]1CNC(=O)c1ccc(C(=O)OCC)s1.CCOC(=O)c1ccc(C(=O)Cl)s1. The summed E-state index contributed by atoms with van der Waals surface area (Å²) < 4.78 is 30.2. The van der Waals surface area contributed by atoms with Gasteiger partial charge in [0.2, 0.25) is 0 Å². The molecule has 0 spiro atoms. The Hall–Kier alpha value is -5.40. The van der Waals surface area contributed by atoms with Gasteiger partial charge in [0.05, 0.1) is 46.5 Å². The first-order valence-corrected chi connectivity index (χ1v) is 26.6. The van der Waals surface area contributed by atoms with E-state index in [1.54, 1.807) is 70.7 Å². The Bertz CT molecular complexity index is 2380. The number of thiol groups is 1. The van der Waals surface area contributed by atoms with Crippen molar-refractivity contribution in [2.75, 3.05) is 59.2 Å². The molecule has 2 N–H and O–H groups in total. The third-order valence-corrected chi connectivity index (χ3v) is 14.3. The largest absolute Gasteiger partial charge is 0.462 e. The summed E-state index contributed by atoms with van der Waals surface area (Å²) in [5.41, 5.74) is -0.609. The van der Waals surface area contributed by atoms with Crippen molar-refractivity contribution in [2.45, 2.75) is 82.6 Å². The van der Waals surface area contributed by atoms with Crippen LogP contribution in [0.2, 0.25) is 0 Å². The molecule has 0 aromatic carbocycles. The van der Waals surface area contributed by atoms with Gasteiger partial charge in [0, 0.05) is 36.7 Å². The van der Waals surface area contributed by atoms with Crippen molar-refractivity contribution in [3.8, 4) is 0 Å². The van der Waals surface area contributed by atoms with Gasteiger partial charge in [0.25, 0.3) is 17.1 Å². The van der Waals surface area contributed by atoms with E-state index >= 15 is 0 Å². The van der Waals surface area contributed by atoms with Gasteiger partial charge in [-0.15, -0.1) is 34.0 Å². The number of amides is 4. The first-order chi connectivity index (χ1) is 34.1. The number of halogens is 1. The second kappa shape index (κ2) is 30.6. The van der Waals surface area contributed by atoms with Crippen molar-refractivity contribution in [2.24, 2.45) is 0 Å². The zero-order valence-corrected chi connectivity index (χ0v) is 45.5. The second-order valence-electron chi connectivity index (χ2n) is 16.0. The molecule has 3 aromatic heterocycles. The zero-order valence-electron chi connectivity index (χ0n) is 40.6. The number of nitrogens with one attached hydrogen (secondary N) is 2. The van der Waals surface area contributed by atoms with Gasteiger partial charge in [0.1, 0.15) is 33.4 Å². The quantitative estimate of drug-likeness (QED) is 0.0355. The molecule has 2 aliphatic rings. The van der Waals surface area contributed by atoms with E-state index in [-0.39, 0.29) is 80.5 Å². The van der Waals surface area contributed by atoms with Crippen LogP contribution in [0.1, 0.15) is 112 Å². The summed E-state index contributed by atoms with van der Waals surface area (Å²) in [6, 6.07) is 8.72. The molecule has 4 atom stereocenters. The van der Waals surface area contributed by atoms with Crippen LogP contribution < -0.4 is 10.6 Å². The second-order valence-corrected chi connectivity index (χ2v) is 21.6. The van der Waals surface area contributed by atoms with Crippen molar-refractivity contribution >= 4 is 122 Å². The van der Waals surface area contributed by atoms with E-state index in [4.69, 9.17) is 40.0 Å². The van der Waals surface area contributed by atoms with Gasteiger partial charge in [0.15, 0.2) is 0 Å². The standard InChI is InChI=1S/C22H30N2O7S2.C17H22N2O5S2.C8H7ClO3S/c1-6-10-30-20(27)24-13-15(32-21(28)31-22(3,4)5)11-14(24)12-23-18(25)16-8-9-17(33-16)19(26)29-7-2;1-3-7-24-17(22)19-10-12(25)8-11(19)9-18-15(20)13-5-6-14(26-13)16(21)23-4-2;1-2-12-8(11)6-4-3-5(13-6)7(9)10/h6,8-9,14-15H,1,7,10-13H2,2-5H3,(H,23,25);3,5-6,11-12,25H,1,4,7-10H2,2H3,(H,18,20);3-4H,2H2,1H3/t14-,15-;11-,12-;/m00./s1. The molecule has 5 rings (SSSR count). The maximum atomic E-state index is 12.6. The Kier molecular flexibility index (Phi) is 25.9. The van der Waals surface area contributed by atoms with Crippen LogP contribution in [0.25, 0.3) is 0 Å². The van der Waals surface area contributed by atoms with E-state index in [9.17, 15) is 43.2 Å². The summed E-state index contributed by atoms with van der Waals surface area (Å²) in [4.78, 5) is 112. The topological polar surface area (TPSA) is 240 Å². The molecule has 0 aliphatic carbocycles. The Morgan fingerprint density at radius 3 is 1.43 bits per heavy atom. The molecule has 0 bridgehead atoms. The molecule has 0 unspecified atom stereocenters. The van der Waals surface area contributed by atoms with Crippen molar-refractivity contribution in [3.63, 3.8) is 0 Å². The van der Waals surface area contributed by atoms with E-state index in [0.717, 1.165) is 45.8 Å². The van der Waals surface area contributed by atoms with Crippen molar-refractivity contribution in [1.82, 2.24) is 20.4 Å². The summed E-state index contributed by atoms with van der Waals surface area (Å²) in [5.74, 6) is -2.00. The molecule has 2 aliphatic heterocycles. The lowest BCUT2D eigenvalue weighted by Crippen LogP contribution is -2.43. The van der Waals surface area contributed by atoms with Crippen LogP contribution in [0.5, 0.6) is 0 Å². The molecular weight excluding hydrogens is 1060 g/mol. The molecule has 2 saturated heterocycles. The average Bonchev–Trinajstić information content (AvgIpc) is 4.19. The molecule has 394 valence electrons. The van der Waals surface area contributed by atoms with Gasteiger partial charge in [-0.25, -0.2) is 28.8 Å². The number of esters is 3. The number of nitrogens with zero attached hydrogens (tertiary/aromatic N) is 2. The monoisotopic (exact) mass is 1110 g/mol. The highest BCUT2D eigenvalue weighted by atomic mass is 35.5. The van der Waals surface area contributed by atoms with Crippen molar-refractivity contribution in [1.29, 1.82) is 0 Å². The normalized spacial score (nSPS) is 16.8. The number of thiophene rings is 3. The molecule has 19 nitrogen and oxygen atoms in total. The number of thioether (sulfide) groups is 1. The van der Waals surface area contributed by atoms with Gasteiger partial charge < -0.3 is 48.9 Å². The Labute approximate surface area is 444 Å². The molecule has 4 amide bonds.